The predicted molar refractivity (Wildman–Crippen MR) is 127 cm³/mol. The number of thioether (sulfide) groups is 1. The molecule has 10 heteroatoms. The molecule has 2 aromatic rings. The van der Waals surface area contributed by atoms with E-state index in [1.54, 1.807) is 12.4 Å². The Morgan fingerprint density at radius 2 is 1.57 bits per heavy atom. The fourth-order valence-corrected chi connectivity index (χ4v) is 2.72. The first-order valence-corrected chi connectivity index (χ1v) is 12.5. The van der Waals surface area contributed by atoms with E-state index in [2.05, 4.69) is 37.3 Å². The topological polar surface area (TPSA) is 73.2 Å². The van der Waals surface area contributed by atoms with E-state index in [0.717, 1.165) is 51.5 Å². The van der Waals surface area contributed by atoms with Crippen molar-refractivity contribution >= 4 is 84.5 Å². The number of isothiocyanates is 1. The first-order chi connectivity index (χ1) is 14.7. The maximum absolute atomic E-state index is 8.65. The van der Waals surface area contributed by atoms with Gasteiger partial charge in [-0.3, -0.25) is 15.0 Å². The molecule has 0 spiro atoms. The summed E-state index contributed by atoms with van der Waals surface area (Å²) in [5.41, 5.74) is 4.06. The van der Waals surface area contributed by atoms with E-state index in [-0.39, 0.29) is 13.1 Å². The van der Waals surface area contributed by atoms with Gasteiger partial charge in [-0.2, -0.15) is 10.3 Å². The zero-order valence-electron chi connectivity index (χ0n) is 15.2. The van der Waals surface area contributed by atoms with Gasteiger partial charge in [0.25, 0.3) is 0 Å². The average molecular weight is 514 g/mol. The maximum atomic E-state index is 8.65. The molecule has 0 bridgehead atoms. The molecule has 5 nitrogen and oxygen atoms in total. The van der Waals surface area contributed by atoms with Gasteiger partial charge in [-0.25, -0.2) is 0 Å². The van der Waals surface area contributed by atoms with Crippen molar-refractivity contribution in [1.29, 1.82) is 5.26 Å². The second kappa shape index (κ2) is 14.0. The summed E-state index contributed by atoms with van der Waals surface area (Å²) in [5, 5.41) is 13.0. The normalized spacial score (nSPS) is 12.7. The molecule has 1 heterocycles. The van der Waals surface area contributed by atoms with E-state index < -0.39 is 0 Å². The van der Waals surface area contributed by atoms with E-state index >= 15 is 0 Å². The molecule has 152 valence electrons. The van der Waals surface area contributed by atoms with Gasteiger partial charge in [-0.05, 0) is 72.5 Å². The van der Waals surface area contributed by atoms with Crippen molar-refractivity contribution in [3.8, 4) is 5.40 Å². The van der Waals surface area contributed by atoms with Gasteiger partial charge in [-0.1, -0.05) is 6.08 Å². The SMILES string of the molecule is N#CSc1ccc(N=CC2=NC(C=Nc3ccc(N=C=S)cc3)=CC2)cc1.[Cl][Fe][Cl]. The number of halogens is 2. The summed E-state index contributed by atoms with van der Waals surface area (Å²) in [7, 11) is 9.53. The van der Waals surface area contributed by atoms with Gasteiger partial charge >= 0.3 is 33.3 Å². The van der Waals surface area contributed by atoms with Crippen LogP contribution in [0.25, 0.3) is 0 Å². The molecule has 0 radical (unpaired) electrons. The van der Waals surface area contributed by atoms with Crippen LogP contribution >= 0.6 is 44.2 Å². The number of hydrogen-bond acceptors (Lipinski definition) is 7. The Kier molecular flexibility index (Phi) is 11.3. The number of aliphatic imine (C=N–C) groups is 4. The summed E-state index contributed by atoms with van der Waals surface area (Å²) in [6, 6.07) is 14.9. The Balaban J connectivity index is 0.00000101. The van der Waals surface area contributed by atoms with Crippen molar-refractivity contribution in [2.24, 2.45) is 20.0 Å². The van der Waals surface area contributed by atoms with Gasteiger partial charge in [0.2, 0.25) is 0 Å². The molecule has 3 rings (SSSR count). The number of rotatable bonds is 6. The van der Waals surface area contributed by atoms with Crippen LogP contribution in [0, 0.1) is 10.7 Å². The van der Waals surface area contributed by atoms with Gasteiger partial charge in [0.1, 0.15) is 5.40 Å². The number of nitriles is 1. The number of benzene rings is 2. The molecule has 0 fully saturated rings. The van der Waals surface area contributed by atoms with E-state index in [1.165, 1.54) is 0 Å². The van der Waals surface area contributed by atoms with Gasteiger partial charge in [0.15, 0.2) is 0 Å². The second-order valence-corrected chi connectivity index (χ2v) is 8.27. The Morgan fingerprint density at radius 1 is 1.00 bits per heavy atom. The Hall–Kier alpha value is -2.07. The zero-order chi connectivity index (χ0) is 21.6. The predicted octanol–water partition coefficient (Wildman–Crippen LogP) is 7.20. The molecule has 0 saturated carbocycles. The summed E-state index contributed by atoms with van der Waals surface area (Å²) in [6.45, 7) is 0. The molecule has 0 saturated heterocycles. The standard InChI is InChI=1S/C20H13N5S2.2ClH.Fe/c21-13-27-20-9-7-16(8-10-20)23-12-19-6-5-18(25-19)11-22-15-1-3-17(4-2-15)24-14-26;;;/h1-5,7-12H,6H2;2*1H;/q;;;+2/p-2. The molecule has 1 aliphatic rings. The van der Waals surface area contributed by atoms with Crippen LogP contribution in [0.2, 0.25) is 0 Å². The summed E-state index contributed by atoms with van der Waals surface area (Å²) in [5.74, 6) is 0. The molecule has 1 aliphatic heterocycles. The molecule has 0 unspecified atom stereocenters. The van der Waals surface area contributed by atoms with Crippen LogP contribution in [0.15, 0.2) is 85.2 Å². The Bertz CT molecular complexity index is 1050. The van der Waals surface area contributed by atoms with Crippen LogP contribution in [0.5, 0.6) is 0 Å². The van der Waals surface area contributed by atoms with E-state index in [9.17, 15) is 0 Å². The van der Waals surface area contributed by atoms with Crippen molar-refractivity contribution in [3.63, 3.8) is 0 Å². The number of nitrogens with zero attached hydrogens (tertiary/aromatic N) is 5. The fourth-order valence-electron chi connectivity index (χ4n) is 2.24. The van der Waals surface area contributed by atoms with Crippen molar-refractivity contribution in [2.75, 3.05) is 0 Å². The Labute approximate surface area is 199 Å². The molecular weight excluding hydrogens is 501 g/mol. The molecule has 0 aromatic heterocycles. The monoisotopic (exact) mass is 513 g/mol. The van der Waals surface area contributed by atoms with Crippen molar-refractivity contribution in [3.05, 3.63) is 60.3 Å². The van der Waals surface area contributed by atoms with E-state index in [4.69, 9.17) is 25.5 Å². The van der Waals surface area contributed by atoms with E-state index in [1.807, 2.05) is 60.0 Å². The minimum atomic E-state index is 0.194. The number of allylic oxidation sites excluding steroid dienone is 2. The number of thiocyanates is 1. The molecule has 0 aliphatic carbocycles. The first kappa shape index (κ1) is 24.2. The number of thiocarbonyl (C=S) groups is 1. The van der Waals surface area contributed by atoms with Crippen LogP contribution in [-0.4, -0.2) is 23.3 Å². The zero-order valence-corrected chi connectivity index (χ0v) is 19.5. The van der Waals surface area contributed by atoms with Gasteiger partial charge in [-0.15, -0.1) is 0 Å². The second-order valence-electron chi connectivity index (χ2n) is 5.41. The van der Waals surface area contributed by atoms with Crippen LogP contribution in [0.3, 0.4) is 0 Å². The average Bonchev–Trinajstić information content (AvgIpc) is 3.22. The van der Waals surface area contributed by atoms with Crippen molar-refractivity contribution in [2.45, 2.75) is 11.3 Å². The van der Waals surface area contributed by atoms with Gasteiger partial charge in [0.05, 0.1) is 39.8 Å². The third-order valence-electron chi connectivity index (χ3n) is 3.53. The van der Waals surface area contributed by atoms with Crippen LogP contribution < -0.4 is 0 Å². The summed E-state index contributed by atoms with van der Waals surface area (Å²) < 4.78 is 0. The molecule has 0 atom stereocenters. The molecule has 0 N–H and O–H groups in total. The summed E-state index contributed by atoms with van der Waals surface area (Å²) >= 11 is 5.90. The molecule has 30 heavy (non-hydrogen) atoms. The van der Waals surface area contributed by atoms with Crippen LogP contribution in [-0.2, 0) is 13.1 Å². The fraction of sp³-hybridized carbons (Fsp3) is 0.0500. The van der Waals surface area contributed by atoms with Crippen LogP contribution in [0.4, 0.5) is 17.1 Å². The molecular formula is C20H13Cl2FeN5S2. The third kappa shape index (κ3) is 8.74. The van der Waals surface area contributed by atoms with Gasteiger partial charge in [0, 0.05) is 17.5 Å². The van der Waals surface area contributed by atoms with Gasteiger partial charge < -0.3 is 0 Å². The number of hydrogen-bond donors (Lipinski definition) is 0. The van der Waals surface area contributed by atoms with Crippen LogP contribution in [0.1, 0.15) is 6.42 Å². The van der Waals surface area contributed by atoms with E-state index in [0.29, 0.717) is 0 Å². The summed E-state index contributed by atoms with van der Waals surface area (Å²) in [4.78, 5) is 18.1. The Morgan fingerprint density at radius 3 is 2.17 bits per heavy atom. The minimum absolute atomic E-state index is 0.194. The quantitative estimate of drug-likeness (QED) is 0.135. The molecule has 0 amide bonds. The van der Waals surface area contributed by atoms with Crippen molar-refractivity contribution < 1.29 is 13.1 Å². The first-order valence-electron chi connectivity index (χ1n) is 8.23. The van der Waals surface area contributed by atoms with Crippen molar-refractivity contribution in [1.82, 2.24) is 0 Å². The molecule has 2 aromatic carbocycles. The summed E-state index contributed by atoms with van der Waals surface area (Å²) in [6.07, 6.45) is 6.20. The third-order valence-corrected chi connectivity index (χ3v) is 4.22.